The topological polar surface area (TPSA) is 86.0 Å². The molecule has 0 atom stereocenters. The molecule has 1 saturated carbocycles. The molecule has 196 valence electrons. The Morgan fingerprint density at radius 1 is 1.08 bits per heavy atom. The Labute approximate surface area is 223 Å². The molecule has 3 aromatic rings. The minimum absolute atomic E-state index is 0.000321. The highest BCUT2D eigenvalue weighted by molar-refractivity contribution is 7.99. The van der Waals surface area contributed by atoms with Crippen LogP contribution in [0.25, 0.3) is 11.0 Å². The van der Waals surface area contributed by atoms with Crippen LogP contribution in [0.4, 0.5) is 4.39 Å². The van der Waals surface area contributed by atoms with Crippen LogP contribution in [0, 0.1) is 5.82 Å². The van der Waals surface area contributed by atoms with Crippen LogP contribution in [-0.2, 0) is 11.2 Å². The summed E-state index contributed by atoms with van der Waals surface area (Å²) in [5.41, 5.74) is 0.420. The van der Waals surface area contributed by atoms with Crippen molar-refractivity contribution in [1.82, 2.24) is 19.4 Å². The summed E-state index contributed by atoms with van der Waals surface area (Å²) in [6.07, 6.45) is 7.57. The van der Waals surface area contributed by atoms with E-state index in [0.29, 0.717) is 32.1 Å². The van der Waals surface area contributed by atoms with Crippen molar-refractivity contribution in [3.05, 3.63) is 68.7 Å². The average Bonchev–Trinajstić information content (AvgIpc) is 2.91. The van der Waals surface area contributed by atoms with Crippen molar-refractivity contribution in [3.63, 3.8) is 0 Å². The summed E-state index contributed by atoms with van der Waals surface area (Å²) in [5, 5.41) is 3.28. The van der Waals surface area contributed by atoms with E-state index in [0.717, 1.165) is 41.0 Å². The third kappa shape index (κ3) is 5.65. The lowest BCUT2D eigenvalue weighted by Crippen LogP contribution is -2.46. The van der Waals surface area contributed by atoms with E-state index in [2.05, 4.69) is 10.3 Å². The number of amides is 1. The zero-order chi connectivity index (χ0) is 25.9. The van der Waals surface area contributed by atoms with Crippen LogP contribution in [0.15, 0.2) is 51.0 Å². The molecule has 0 spiro atoms. The van der Waals surface area contributed by atoms with Crippen molar-refractivity contribution in [1.29, 1.82) is 0 Å². The predicted octanol–water partition coefficient (Wildman–Crippen LogP) is 4.33. The molecular weight excluding hydrogens is 511 g/mol. The fourth-order valence-electron chi connectivity index (χ4n) is 5.52. The van der Waals surface area contributed by atoms with E-state index in [4.69, 9.17) is 0 Å². The number of halogens is 1. The molecule has 0 unspecified atom stereocenters. The molecule has 37 heavy (non-hydrogen) atoms. The number of fused-ring (bicyclic) bond motifs is 1. The molecule has 1 aliphatic heterocycles. The molecule has 7 nitrogen and oxygen atoms in total. The van der Waals surface area contributed by atoms with Crippen molar-refractivity contribution >= 4 is 40.5 Å². The van der Waals surface area contributed by atoms with E-state index in [-0.39, 0.29) is 40.8 Å². The van der Waals surface area contributed by atoms with Gasteiger partial charge in [-0.15, -0.1) is 11.8 Å². The summed E-state index contributed by atoms with van der Waals surface area (Å²) in [6, 6.07) is 8.82. The Balaban J connectivity index is 1.34. The van der Waals surface area contributed by atoms with E-state index < -0.39 is 11.4 Å². The molecule has 3 heterocycles. The van der Waals surface area contributed by atoms with Gasteiger partial charge in [0.05, 0.1) is 18.0 Å². The summed E-state index contributed by atoms with van der Waals surface area (Å²) < 4.78 is 17.1. The number of nitrogens with zero attached hydrogens (tertiary/aromatic N) is 3. The van der Waals surface area contributed by atoms with Gasteiger partial charge in [-0.3, -0.25) is 18.7 Å². The zero-order valence-electron chi connectivity index (χ0n) is 20.8. The first kappa shape index (κ1) is 26.0. The summed E-state index contributed by atoms with van der Waals surface area (Å²) in [6.45, 7) is 0. The van der Waals surface area contributed by atoms with Crippen LogP contribution in [0.2, 0.25) is 0 Å². The van der Waals surface area contributed by atoms with E-state index in [9.17, 15) is 18.8 Å². The van der Waals surface area contributed by atoms with E-state index >= 15 is 0 Å². The molecule has 2 fully saturated rings. The summed E-state index contributed by atoms with van der Waals surface area (Å²) >= 11 is 3.49. The summed E-state index contributed by atoms with van der Waals surface area (Å²) in [7, 11) is 0. The monoisotopic (exact) mass is 542 g/mol. The van der Waals surface area contributed by atoms with Gasteiger partial charge in [-0.2, -0.15) is 11.8 Å². The van der Waals surface area contributed by atoms with Crippen LogP contribution < -0.4 is 16.6 Å². The molecular formula is C27H31FN4O3S2. The SMILES string of the molecule is CSc1cccc(CC(=O)N[C@H]2CC[C@@H](n3c(=O)c4cc(F)cnc4n(C4CCSCC4)c3=O)CC2)c1. The molecule has 1 N–H and O–H groups in total. The largest absolute Gasteiger partial charge is 0.353 e. The van der Waals surface area contributed by atoms with Crippen molar-refractivity contribution in [2.45, 2.75) is 68.0 Å². The Bertz CT molecular complexity index is 1410. The Morgan fingerprint density at radius 2 is 1.81 bits per heavy atom. The van der Waals surface area contributed by atoms with Crippen molar-refractivity contribution < 1.29 is 9.18 Å². The second-order valence-electron chi connectivity index (χ2n) is 9.80. The summed E-state index contributed by atoms with van der Waals surface area (Å²) in [5.74, 6) is 1.26. The van der Waals surface area contributed by atoms with Crippen LogP contribution in [0.3, 0.4) is 0 Å². The van der Waals surface area contributed by atoms with Crippen molar-refractivity contribution in [2.75, 3.05) is 17.8 Å². The number of carbonyl (C=O) groups excluding carboxylic acids is 1. The second kappa shape index (κ2) is 11.4. The van der Waals surface area contributed by atoms with Crippen LogP contribution in [0.1, 0.15) is 56.2 Å². The zero-order valence-corrected chi connectivity index (χ0v) is 22.5. The third-order valence-electron chi connectivity index (χ3n) is 7.40. The molecule has 2 aliphatic rings. The van der Waals surface area contributed by atoms with Crippen molar-refractivity contribution in [3.8, 4) is 0 Å². The number of rotatable bonds is 6. The van der Waals surface area contributed by atoms with Crippen LogP contribution >= 0.6 is 23.5 Å². The number of benzene rings is 1. The first-order valence-electron chi connectivity index (χ1n) is 12.8. The van der Waals surface area contributed by atoms with Crippen LogP contribution in [-0.4, -0.2) is 43.8 Å². The van der Waals surface area contributed by atoms with Gasteiger partial charge in [-0.1, -0.05) is 12.1 Å². The first-order valence-corrected chi connectivity index (χ1v) is 15.1. The number of aromatic nitrogens is 3. The van der Waals surface area contributed by atoms with Gasteiger partial charge in [-0.05, 0) is 80.0 Å². The Hall–Kier alpha value is -2.59. The average molecular weight is 543 g/mol. The second-order valence-corrected chi connectivity index (χ2v) is 11.9. The quantitative estimate of drug-likeness (QED) is 0.467. The van der Waals surface area contributed by atoms with E-state index in [1.807, 2.05) is 42.3 Å². The van der Waals surface area contributed by atoms with E-state index in [1.54, 1.807) is 16.3 Å². The summed E-state index contributed by atoms with van der Waals surface area (Å²) in [4.78, 5) is 45.1. The van der Waals surface area contributed by atoms with Gasteiger partial charge in [0.15, 0.2) is 0 Å². The minimum Gasteiger partial charge on any atom is -0.353 e. The van der Waals surface area contributed by atoms with Gasteiger partial charge < -0.3 is 5.32 Å². The normalized spacial score (nSPS) is 20.7. The lowest BCUT2D eigenvalue weighted by atomic mass is 9.90. The number of pyridine rings is 1. The fourth-order valence-corrected chi connectivity index (χ4v) is 7.09. The smallest absolute Gasteiger partial charge is 0.333 e. The lowest BCUT2D eigenvalue weighted by molar-refractivity contribution is -0.121. The molecule has 1 saturated heterocycles. The third-order valence-corrected chi connectivity index (χ3v) is 9.18. The first-order chi connectivity index (χ1) is 17.9. The number of carbonyl (C=O) groups is 1. The highest BCUT2D eigenvalue weighted by Gasteiger charge is 2.29. The van der Waals surface area contributed by atoms with Crippen LogP contribution in [0.5, 0.6) is 0 Å². The van der Waals surface area contributed by atoms with Gasteiger partial charge in [0.2, 0.25) is 5.91 Å². The number of thioether (sulfide) groups is 2. The maximum Gasteiger partial charge on any atom is 0.333 e. The Morgan fingerprint density at radius 3 is 2.54 bits per heavy atom. The number of nitrogens with one attached hydrogen (secondary N) is 1. The standard InChI is InChI=1S/C27H31FN4O3S2/c1-36-22-4-2-3-17(13-22)14-24(33)30-19-5-7-20(8-6-19)32-26(34)23-15-18(28)16-29-25(23)31(27(32)35)21-9-11-37-12-10-21/h2-4,13,15-16,19-21H,5-12,14H2,1H3,(H,30,33)/t19-,20+. The van der Waals surface area contributed by atoms with Gasteiger partial charge in [0.25, 0.3) is 5.56 Å². The maximum absolute atomic E-state index is 14.1. The molecule has 1 aliphatic carbocycles. The Kier molecular flexibility index (Phi) is 8.04. The van der Waals surface area contributed by atoms with Gasteiger partial charge in [-0.25, -0.2) is 14.2 Å². The molecule has 5 rings (SSSR count). The molecule has 1 aromatic carbocycles. The highest BCUT2D eigenvalue weighted by Crippen LogP contribution is 2.30. The fraction of sp³-hybridized carbons (Fsp3) is 0.481. The van der Waals surface area contributed by atoms with Gasteiger partial charge in [0, 0.05) is 23.0 Å². The van der Waals surface area contributed by atoms with Gasteiger partial charge in [0.1, 0.15) is 11.5 Å². The minimum atomic E-state index is -0.588. The molecule has 2 aromatic heterocycles. The highest BCUT2D eigenvalue weighted by atomic mass is 32.2. The molecule has 0 radical (unpaired) electrons. The molecule has 10 heteroatoms. The van der Waals surface area contributed by atoms with E-state index in [1.165, 1.54) is 10.6 Å². The van der Waals surface area contributed by atoms with Gasteiger partial charge >= 0.3 is 5.69 Å². The molecule has 1 amide bonds. The maximum atomic E-state index is 14.1. The molecule has 0 bridgehead atoms. The number of hydrogen-bond donors (Lipinski definition) is 1. The van der Waals surface area contributed by atoms with Crippen molar-refractivity contribution in [2.24, 2.45) is 0 Å². The predicted molar refractivity (Wildman–Crippen MR) is 147 cm³/mol. The lowest BCUT2D eigenvalue weighted by Gasteiger charge is -2.31. The number of hydrogen-bond acceptors (Lipinski definition) is 6.